The molecule has 0 aromatic heterocycles. The minimum absolute atomic E-state index is 0.160. The highest BCUT2D eigenvalue weighted by Gasteiger charge is 2.18. The third kappa shape index (κ3) is 5.21. The van der Waals surface area contributed by atoms with Crippen molar-refractivity contribution in [1.29, 1.82) is 0 Å². The normalized spacial score (nSPS) is 23.4. The Morgan fingerprint density at radius 2 is 2.05 bits per heavy atom. The summed E-state index contributed by atoms with van der Waals surface area (Å²) in [5, 5.41) is 0.256. The molecule has 5 nitrogen and oxygen atoms in total. The molecule has 0 unspecified atom stereocenters. The van der Waals surface area contributed by atoms with Crippen molar-refractivity contribution in [3.8, 4) is 0 Å². The maximum absolute atomic E-state index is 12.2. The summed E-state index contributed by atoms with van der Waals surface area (Å²) in [6.45, 7) is 8.68. The van der Waals surface area contributed by atoms with Crippen LogP contribution in [0.15, 0.2) is 9.98 Å². The Morgan fingerprint density at radius 1 is 1.35 bits per heavy atom. The molecule has 0 saturated carbocycles. The second-order valence-electron chi connectivity index (χ2n) is 4.85. The van der Waals surface area contributed by atoms with Crippen molar-refractivity contribution >= 4 is 29.0 Å². The lowest BCUT2D eigenvalue weighted by atomic mass is 10.1. The highest BCUT2D eigenvalue weighted by Crippen LogP contribution is 2.11. The van der Waals surface area contributed by atoms with E-state index >= 15 is 0 Å². The van der Waals surface area contributed by atoms with E-state index in [9.17, 15) is 4.79 Å². The Labute approximate surface area is 126 Å². The molecule has 0 aliphatic carbocycles. The second-order valence-corrected chi connectivity index (χ2v) is 5.18. The minimum atomic E-state index is 0.160. The number of carbonyl (C=O) groups is 1. The Kier molecular flexibility index (Phi) is 7.77. The number of carbonyl (C=O) groups excluding carboxylic acids is 1. The fraction of sp³-hybridized carbons (Fsp3) is 0.786. The Balaban J connectivity index is 2.85. The molecule has 0 saturated heterocycles. The lowest BCUT2D eigenvalue weighted by Crippen LogP contribution is -2.39. The Bertz CT molecular complexity index is 366. The van der Waals surface area contributed by atoms with Crippen molar-refractivity contribution < 1.29 is 4.79 Å². The molecule has 0 aromatic rings. The van der Waals surface area contributed by atoms with Crippen LogP contribution in [0.2, 0.25) is 0 Å². The maximum atomic E-state index is 12.2. The molecule has 1 aliphatic rings. The van der Waals surface area contributed by atoms with E-state index in [2.05, 4.69) is 28.7 Å². The average Bonchev–Trinajstić information content (AvgIpc) is 2.48. The van der Waals surface area contributed by atoms with Crippen LogP contribution in [-0.4, -0.2) is 59.6 Å². The summed E-state index contributed by atoms with van der Waals surface area (Å²) in [6.07, 6.45) is 4.25. The van der Waals surface area contributed by atoms with Gasteiger partial charge in [-0.1, -0.05) is 13.8 Å². The number of halogens is 1. The zero-order valence-corrected chi connectivity index (χ0v) is 13.4. The minimum Gasteiger partial charge on any atom is -0.338 e. The largest absolute Gasteiger partial charge is 0.338 e. The average molecular weight is 301 g/mol. The van der Waals surface area contributed by atoms with Gasteiger partial charge in [-0.05, 0) is 31.4 Å². The first-order valence-corrected chi connectivity index (χ1v) is 7.74. The second kappa shape index (κ2) is 9.08. The first-order valence-electron chi connectivity index (χ1n) is 7.36. The van der Waals surface area contributed by atoms with E-state index in [1.54, 1.807) is 11.1 Å². The SMILES string of the molecule is CCC(CC)N1CCC(=O)N(CC)C/C=N\C(Cl)=N/C1. The van der Waals surface area contributed by atoms with Gasteiger partial charge in [0, 0.05) is 31.8 Å². The molecule has 0 aromatic carbocycles. The molecule has 0 fully saturated rings. The number of amidine groups is 1. The lowest BCUT2D eigenvalue weighted by molar-refractivity contribution is -0.130. The Hall–Kier alpha value is -0.940. The van der Waals surface area contributed by atoms with Gasteiger partial charge in [0.1, 0.15) is 0 Å². The third-order valence-electron chi connectivity index (χ3n) is 3.69. The van der Waals surface area contributed by atoms with Crippen molar-refractivity contribution in [3.05, 3.63) is 0 Å². The number of nitrogens with zero attached hydrogens (tertiary/aromatic N) is 4. The quantitative estimate of drug-likeness (QED) is 0.748. The standard InChI is InChI=1S/C14H25ClN4O/c1-4-12(5-2)19-9-7-13(20)18(6-3)10-8-16-14(15)17-11-19/h8,12H,4-7,9-11H2,1-3H3/b16-8-,17-14-. The van der Waals surface area contributed by atoms with Gasteiger partial charge in [-0.2, -0.15) is 0 Å². The monoisotopic (exact) mass is 300 g/mol. The molecular formula is C14H25ClN4O. The molecular weight excluding hydrogens is 276 g/mol. The van der Waals surface area contributed by atoms with Gasteiger partial charge in [0.25, 0.3) is 0 Å². The van der Waals surface area contributed by atoms with Crippen LogP contribution in [0.5, 0.6) is 0 Å². The third-order valence-corrected chi connectivity index (χ3v) is 3.91. The summed E-state index contributed by atoms with van der Waals surface area (Å²) in [5.41, 5.74) is 0. The van der Waals surface area contributed by atoms with Crippen LogP contribution in [-0.2, 0) is 4.79 Å². The van der Waals surface area contributed by atoms with Gasteiger partial charge in [-0.15, -0.1) is 0 Å². The predicted octanol–water partition coefficient (Wildman–Crippen LogP) is 2.35. The highest BCUT2D eigenvalue weighted by atomic mass is 35.5. The molecule has 114 valence electrons. The molecule has 0 atom stereocenters. The number of hydrogen-bond acceptors (Lipinski definition) is 4. The first-order chi connectivity index (χ1) is 9.62. The molecule has 0 bridgehead atoms. The molecule has 1 aliphatic heterocycles. The van der Waals surface area contributed by atoms with E-state index in [0.29, 0.717) is 32.2 Å². The molecule has 1 rings (SSSR count). The van der Waals surface area contributed by atoms with Gasteiger partial charge in [0.2, 0.25) is 11.2 Å². The molecule has 6 heteroatoms. The van der Waals surface area contributed by atoms with Crippen LogP contribution in [0.4, 0.5) is 0 Å². The van der Waals surface area contributed by atoms with E-state index in [1.807, 2.05) is 6.92 Å². The van der Waals surface area contributed by atoms with Crippen molar-refractivity contribution in [2.75, 3.05) is 26.3 Å². The van der Waals surface area contributed by atoms with E-state index in [0.717, 1.165) is 19.4 Å². The number of amides is 1. The maximum Gasteiger partial charge on any atom is 0.224 e. The highest BCUT2D eigenvalue weighted by molar-refractivity contribution is 6.65. The summed E-state index contributed by atoms with van der Waals surface area (Å²) in [4.78, 5) is 24.5. The van der Waals surface area contributed by atoms with Gasteiger partial charge in [0.15, 0.2) is 0 Å². The summed E-state index contributed by atoms with van der Waals surface area (Å²) >= 11 is 5.98. The van der Waals surface area contributed by atoms with Gasteiger partial charge < -0.3 is 4.90 Å². The van der Waals surface area contributed by atoms with Crippen molar-refractivity contribution in [2.45, 2.75) is 46.1 Å². The molecule has 20 heavy (non-hydrogen) atoms. The number of hydrogen-bond donors (Lipinski definition) is 0. The summed E-state index contributed by atoms with van der Waals surface area (Å²) in [5.74, 6) is 0.160. The summed E-state index contributed by atoms with van der Waals surface area (Å²) in [6, 6.07) is 0.427. The summed E-state index contributed by atoms with van der Waals surface area (Å²) < 4.78 is 0. The van der Waals surface area contributed by atoms with Crippen molar-refractivity contribution in [3.63, 3.8) is 0 Å². The predicted molar refractivity (Wildman–Crippen MR) is 84.6 cm³/mol. The van der Waals surface area contributed by atoms with E-state index in [4.69, 9.17) is 11.6 Å². The molecule has 1 amide bonds. The zero-order chi connectivity index (χ0) is 15.0. The van der Waals surface area contributed by atoms with Gasteiger partial charge in [0.05, 0.1) is 13.2 Å². The van der Waals surface area contributed by atoms with E-state index < -0.39 is 0 Å². The smallest absolute Gasteiger partial charge is 0.224 e. The van der Waals surface area contributed by atoms with Crippen LogP contribution < -0.4 is 0 Å². The van der Waals surface area contributed by atoms with Gasteiger partial charge in [-0.25, -0.2) is 9.98 Å². The molecule has 0 radical (unpaired) electrons. The van der Waals surface area contributed by atoms with Gasteiger partial charge in [-0.3, -0.25) is 9.69 Å². The van der Waals surface area contributed by atoms with E-state index in [-0.39, 0.29) is 11.2 Å². The van der Waals surface area contributed by atoms with Crippen LogP contribution in [0.1, 0.15) is 40.0 Å². The zero-order valence-electron chi connectivity index (χ0n) is 12.7. The van der Waals surface area contributed by atoms with Crippen LogP contribution >= 0.6 is 11.6 Å². The van der Waals surface area contributed by atoms with Crippen LogP contribution in [0.25, 0.3) is 0 Å². The topological polar surface area (TPSA) is 48.3 Å². The van der Waals surface area contributed by atoms with Crippen LogP contribution in [0, 0.1) is 0 Å². The van der Waals surface area contributed by atoms with Crippen LogP contribution in [0.3, 0.4) is 0 Å². The summed E-state index contributed by atoms with van der Waals surface area (Å²) in [7, 11) is 0. The lowest BCUT2D eigenvalue weighted by Gasteiger charge is -2.29. The fourth-order valence-electron chi connectivity index (χ4n) is 2.38. The molecule has 0 spiro atoms. The number of aliphatic imine (C=N–C) groups is 2. The van der Waals surface area contributed by atoms with E-state index in [1.165, 1.54) is 0 Å². The molecule has 0 N–H and O–H groups in total. The Morgan fingerprint density at radius 3 is 2.65 bits per heavy atom. The first kappa shape index (κ1) is 17.1. The molecule has 1 heterocycles. The number of rotatable bonds is 4. The fourth-order valence-corrected chi connectivity index (χ4v) is 2.51. The van der Waals surface area contributed by atoms with Crippen molar-refractivity contribution in [1.82, 2.24) is 9.80 Å². The van der Waals surface area contributed by atoms with Crippen molar-refractivity contribution in [2.24, 2.45) is 9.98 Å². The van der Waals surface area contributed by atoms with Gasteiger partial charge >= 0.3 is 0 Å².